The summed E-state index contributed by atoms with van der Waals surface area (Å²) in [6.45, 7) is 9.33. The van der Waals surface area contributed by atoms with Gasteiger partial charge in [0.15, 0.2) is 0 Å². The van der Waals surface area contributed by atoms with Gasteiger partial charge in [0.05, 0.1) is 6.54 Å². The van der Waals surface area contributed by atoms with Gasteiger partial charge in [0.1, 0.15) is 5.60 Å². The fourth-order valence-corrected chi connectivity index (χ4v) is 4.74. The Morgan fingerprint density at radius 1 is 1.12 bits per heavy atom. The second-order valence-electron chi connectivity index (χ2n) is 8.06. The highest BCUT2D eigenvalue weighted by atomic mass is 16.6. The summed E-state index contributed by atoms with van der Waals surface area (Å²) in [5.74, 6) is 0. The van der Waals surface area contributed by atoms with E-state index in [4.69, 9.17) is 4.74 Å². The molecule has 3 saturated heterocycles. The number of hydrogen-bond donors (Lipinski definition) is 0. The van der Waals surface area contributed by atoms with E-state index in [0.717, 1.165) is 39.1 Å². The van der Waals surface area contributed by atoms with Crippen LogP contribution in [0.4, 0.5) is 10.5 Å². The summed E-state index contributed by atoms with van der Waals surface area (Å²) in [7, 11) is 1.84. The van der Waals surface area contributed by atoms with Gasteiger partial charge in [-0.15, -0.1) is 0 Å². The van der Waals surface area contributed by atoms with E-state index in [0.29, 0.717) is 6.04 Å². The number of hydrogen-bond acceptors (Lipinski definition) is 4. The van der Waals surface area contributed by atoms with Crippen molar-refractivity contribution < 1.29 is 9.53 Å². The number of likely N-dealkylation sites (tertiary alicyclic amines) is 1. The molecule has 1 atom stereocenters. The zero-order valence-corrected chi connectivity index (χ0v) is 15.6. The average Bonchev–Trinajstić information content (AvgIpc) is 3.13. The van der Waals surface area contributed by atoms with Gasteiger partial charge in [0.2, 0.25) is 0 Å². The Labute approximate surface area is 150 Å². The van der Waals surface area contributed by atoms with Crippen LogP contribution in [0.2, 0.25) is 0 Å². The van der Waals surface area contributed by atoms with Crippen LogP contribution in [0.5, 0.6) is 0 Å². The van der Waals surface area contributed by atoms with Gasteiger partial charge >= 0.3 is 6.09 Å². The number of rotatable bonds is 2. The van der Waals surface area contributed by atoms with Gasteiger partial charge in [0.25, 0.3) is 0 Å². The van der Waals surface area contributed by atoms with Crippen molar-refractivity contribution in [3.05, 3.63) is 29.3 Å². The van der Waals surface area contributed by atoms with Crippen molar-refractivity contribution >= 4 is 11.8 Å². The van der Waals surface area contributed by atoms with Crippen molar-refractivity contribution in [3.8, 4) is 0 Å². The van der Waals surface area contributed by atoms with E-state index in [1.165, 1.54) is 29.7 Å². The highest BCUT2D eigenvalue weighted by molar-refractivity contribution is 5.70. The van der Waals surface area contributed by atoms with Gasteiger partial charge in [-0.3, -0.25) is 4.90 Å². The Balaban J connectivity index is 1.37. The van der Waals surface area contributed by atoms with Crippen LogP contribution in [-0.4, -0.2) is 67.3 Å². The third kappa shape index (κ3) is 2.99. The lowest BCUT2D eigenvalue weighted by molar-refractivity contribution is 0.0566. The van der Waals surface area contributed by atoms with Gasteiger partial charge < -0.3 is 14.5 Å². The summed E-state index contributed by atoms with van der Waals surface area (Å²) < 4.78 is 5.70. The molecule has 0 aliphatic carbocycles. The Morgan fingerprint density at radius 2 is 1.88 bits per heavy atom. The molecular formula is C20H29N3O2. The lowest BCUT2D eigenvalue weighted by atomic mass is 10.00. The zero-order chi connectivity index (χ0) is 17.6. The van der Waals surface area contributed by atoms with Crippen molar-refractivity contribution in [1.82, 2.24) is 9.80 Å². The van der Waals surface area contributed by atoms with Crippen molar-refractivity contribution in [2.24, 2.45) is 0 Å². The fourth-order valence-electron chi connectivity index (χ4n) is 4.74. The number of piperidine rings is 1. The Morgan fingerprint density at radius 3 is 2.56 bits per heavy atom. The van der Waals surface area contributed by atoms with Gasteiger partial charge in [-0.1, -0.05) is 12.1 Å². The molecule has 1 aromatic carbocycles. The Hall–Kier alpha value is -1.75. The molecule has 0 aromatic heterocycles. The van der Waals surface area contributed by atoms with E-state index >= 15 is 0 Å². The molecule has 25 heavy (non-hydrogen) atoms. The molecule has 3 aliphatic rings. The maximum Gasteiger partial charge on any atom is 0.410 e. The number of anilines is 1. The Bertz CT molecular complexity index is 669. The van der Waals surface area contributed by atoms with Gasteiger partial charge in [-0.05, 0) is 43.9 Å². The molecular weight excluding hydrogens is 314 g/mol. The molecule has 136 valence electrons. The third-order valence-electron chi connectivity index (χ3n) is 6.38. The third-order valence-corrected chi connectivity index (χ3v) is 6.38. The molecule has 5 nitrogen and oxygen atoms in total. The lowest BCUT2D eigenvalue weighted by Crippen LogP contribution is -2.46. The predicted molar refractivity (Wildman–Crippen MR) is 99.2 cm³/mol. The topological polar surface area (TPSA) is 36.0 Å². The first kappa shape index (κ1) is 16.7. The molecule has 0 N–H and O–H groups in total. The van der Waals surface area contributed by atoms with Crippen LogP contribution >= 0.6 is 0 Å². The molecule has 3 heterocycles. The van der Waals surface area contributed by atoms with Gasteiger partial charge in [-0.2, -0.15) is 0 Å². The predicted octanol–water partition coefficient (Wildman–Crippen LogP) is 2.80. The Kier molecular flexibility index (Phi) is 4.14. The van der Waals surface area contributed by atoms with Crippen molar-refractivity contribution in [3.63, 3.8) is 0 Å². The maximum atomic E-state index is 11.8. The minimum Gasteiger partial charge on any atom is -0.439 e. The molecule has 5 heteroatoms. The van der Waals surface area contributed by atoms with Crippen molar-refractivity contribution in [1.29, 1.82) is 0 Å². The molecule has 0 bridgehead atoms. The quantitative estimate of drug-likeness (QED) is 0.827. The first-order valence-electron chi connectivity index (χ1n) is 9.47. The highest BCUT2D eigenvalue weighted by Gasteiger charge is 2.49. The van der Waals surface area contributed by atoms with Crippen LogP contribution in [0.1, 0.15) is 30.4 Å². The first-order valence-corrected chi connectivity index (χ1v) is 9.47. The number of carbonyl (C=O) groups is 1. The summed E-state index contributed by atoms with van der Waals surface area (Å²) in [6, 6.07) is 7.22. The summed E-state index contributed by atoms with van der Waals surface area (Å²) in [5.41, 5.74) is 3.91. The van der Waals surface area contributed by atoms with Crippen LogP contribution in [0, 0.1) is 13.8 Å². The summed E-state index contributed by atoms with van der Waals surface area (Å²) in [4.78, 5) is 18.6. The summed E-state index contributed by atoms with van der Waals surface area (Å²) in [5, 5.41) is 0. The van der Waals surface area contributed by atoms with E-state index in [2.05, 4.69) is 41.8 Å². The molecule has 0 radical (unpaired) electrons. The van der Waals surface area contributed by atoms with Crippen LogP contribution < -0.4 is 4.90 Å². The summed E-state index contributed by atoms with van der Waals surface area (Å²) in [6.07, 6.45) is 3.19. The number of ether oxygens (including phenoxy) is 1. The molecule has 0 unspecified atom stereocenters. The number of nitrogens with zero attached hydrogens (tertiary/aromatic N) is 3. The van der Waals surface area contributed by atoms with Crippen molar-refractivity contribution in [2.45, 2.75) is 44.8 Å². The van der Waals surface area contributed by atoms with Gasteiger partial charge in [-0.25, -0.2) is 4.79 Å². The van der Waals surface area contributed by atoms with E-state index in [1.54, 1.807) is 4.90 Å². The monoisotopic (exact) mass is 343 g/mol. The smallest absolute Gasteiger partial charge is 0.410 e. The SMILES string of the molecule is Cc1cccc(N2CCC(N3CC[C@@]4(CN(C)C(=O)O4)C3)CC2)c1C. The number of carbonyl (C=O) groups excluding carboxylic acids is 1. The zero-order valence-electron chi connectivity index (χ0n) is 15.6. The fraction of sp³-hybridized carbons (Fsp3) is 0.650. The molecule has 1 amide bonds. The van der Waals surface area contributed by atoms with E-state index < -0.39 is 0 Å². The normalized spacial score (nSPS) is 28.2. The minimum atomic E-state index is -0.254. The molecule has 3 aliphatic heterocycles. The van der Waals surface area contributed by atoms with Crippen LogP contribution in [0.15, 0.2) is 18.2 Å². The average molecular weight is 343 g/mol. The molecule has 1 spiro atoms. The second-order valence-corrected chi connectivity index (χ2v) is 8.06. The minimum absolute atomic E-state index is 0.161. The van der Waals surface area contributed by atoms with Crippen LogP contribution in [0.3, 0.4) is 0 Å². The molecule has 1 aromatic rings. The molecule has 3 fully saturated rings. The number of likely N-dealkylation sites (N-methyl/N-ethyl adjacent to an activating group) is 1. The summed E-state index contributed by atoms with van der Waals surface area (Å²) >= 11 is 0. The molecule has 0 saturated carbocycles. The maximum absolute atomic E-state index is 11.8. The number of benzene rings is 1. The highest BCUT2D eigenvalue weighted by Crippen LogP contribution is 2.35. The van der Waals surface area contributed by atoms with E-state index in [9.17, 15) is 4.79 Å². The first-order chi connectivity index (χ1) is 12.0. The van der Waals surface area contributed by atoms with E-state index in [-0.39, 0.29) is 11.7 Å². The largest absolute Gasteiger partial charge is 0.439 e. The van der Waals surface area contributed by atoms with Crippen molar-refractivity contribution in [2.75, 3.05) is 44.7 Å². The van der Waals surface area contributed by atoms with Crippen LogP contribution in [0.25, 0.3) is 0 Å². The molecule has 4 rings (SSSR count). The van der Waals surface area contributed by atoms with Crippen LogP contribution in [-0.2, 0) is 4.74 Å². The standard InChI is InChI=1S/C20H29N3O2/c1-15-5-4-6-18(16(15)2)22-10-7-17(8-11-22)23-12-9-20(14-23)13-21(3)19(24)25-20/h4-6,17H,7-14H2,1-3H3/t20-/m1/s1. The second kappa shape index (κ2) is 6.20. The lowest BCUT2D eigenvalue weighted by Gasteiger charge is -2.39. The number of aryl methyl sites for hydroxylation is 1. The van der Waals surface area contributed by atoms with E-state index in [1.807, 2.05) is 7.05 Å². The number of amides is 1. The van der Waals surface area contributed by atoms with Gasteiger partial charge in [0, 0.05) is 51.4 Å².